The van der Waals surface area contributed by atoms with Crippen molar-refractivity contribution in [1.29, 1.82) is 0 Å². The van der Waals surface area contributed by atoms with Crippen LogP contribution in [0.15, 0.2) is 255 Å². The van der Waals surface area contributed by atoms with Gasteiger partial charge in [0.25, 0.3) is 0 Å². The highest BCUT2D eigenvalue weighted by atomic mass is 14.2. The number of hydrogen-bond donors (Lipinski definition) is 0. The second-order valence-corrected chi connectivity index (χ2v) is 16.2. The van der Waals surface area contributed by atoms with E-state index >= 15 is 0 Å². The van der Waals surface area contributed by atoms with Crippen molar-refractivity contribution in [3.8, 4) is 89.0 Å². The molecule has 1 aliphatic carbocycles. The quantitative estimate of drug-likeness (QED) is 0.137. The summed E-state index contributed by atoms with van der Waals surface area (Å²) in [6, 6.07) is 82.3. The average molecular weight is 791 g/mol. The van der Waals surface area contributed by atoms with E-state index in [0.29, 0.717) is 5.92 Å². The molecular weight excluding hydrogens is 745 g/mol. The standard InChI is InChI=1S/C62H46/c1-44-19-7-2-16-32-62(44)52-31-18-29-50(34-52)49-28-17-30-51(33-49)57-41-60(58-37-53(45-20-8-3-9-21-45)35-54(38-58)46-22-10-4-11-23-46)43-61(42-57)59-39-55(47-24-12-5-13-25-47)36-56(40-59)48-26-14-6-15-27-48/h2-44H,1H3. The van der Waals surface area contributed by atoms with Crippen LogP contribution in [0.3, 0.4) is 0 Å². The van der Waals surface area contributed by atoms with Crippen LogP contribution in [0.5, 0.6) is 0 Å². The van der Waals surface area contributed by atoms with Crippen molar-refractivity contribution in [1.82, 2.24) is 0 Å². The van der Waals surface area contributed by atoms with Crippen LogP contribution in [0.2, 0.25) is 0 Å². The fraction of sp³-hybridized carbons (Fsp3) is 0.0323. The fourth-order valence-electron chi connectivity index (χ4n) is 8.73. The second-order valence-electron chi connectivity index (χ2n) is 16.2. The Balaban J connectivity index is 1.17. The molecule has 0 aliphatic heterocycles. The van der Waals surface area contributed by atoms with Crippen LogP contribution in [0, 0.1) is 5.92 Å². The summed E-state index contributed by atoms with van der Waals surface area (Å²) < 4.78 is 0. The first-order chi connectivity index (χ1) is 30.6. The van der Waals surface area contributed by atoms with Crippen molar-refractivity contribution in [3.63, 3.8) is 0 Å². The normalized spacial score (nSPS) is 13.4. The first-order valence-corrected chi connectivity index (χ1v) is 21.6. The highest BCUT2D eigenvalue weighted by Gasteiger charge is 2.15. The molecule has 0 heteroatoms. The van der Waals surface area contributed by atoms with E-state index < -0.39 is 0 Å². The van der Waals surface area contributed by atoms with Gasteiger partial charge >= 0.3 is 0 Å². The average Bonchev–Trinajstić information content (AvgIpc) is 3.58. The van der Waals surface area contributed by atoms with Crippen molar-refractivity contribution < 1.29 is 0 Å². The summed E-state index contributed by atoms with van der Waals surface area (Å²) >= 11 is 0. The Bertz CT molecular complexity index is 2830. The van der Waals surface area contributed by atoms with Crippen molar-refractivity contribution in [2.24, 2.45) is 5.92 Å². The molecule has 62 heavy (non-hydrogen) atoms. The molecule has 1 unspecified atom stereocenters. The van der Waals surface area contributed by atoms with Crippen molar-refractivity contribution in [2.75, 3.05) is 0 Å². The molecule has 0 heterocycles. The summed E-state index contributed by atoms with van der Waals surface area (Å²) in [5, 5.41) is 0. The third kappa shape index (κ3) is 8.33. The summed E-state index contributed by atoms with van der Waals surface area (Å²) in [7, 11) is 0. The molecule has 0 N–H and O–H groups in total. The van der Waals surface area contributed by atoms with Gasteiger partial charge in [-0.15, -0.1) is 0 Å². The highest BCUT2D eigenvalue weighted by molar-refractivity contribution is 5.89. The fourth-order valence-corrected chi connectivity index (χ4v) is 8.73. The van der Waals surface area contributed by atoms with Crippen LogP contribution >= 0.6 is 0 Å². The lowest BCUT2D eigenvalue weighted by molar-refractivity contribution is 0.966. The van der Waals surface area contributed by atoms with Gasteiger partial charge in [0.05, 0.1) is 0 Å². The van der Waals surface area contributed by atoms with Gasteiger partial charge in [-0.05, 0) is 173 Å². The van der Waals surface area contributed by atoms with Gasteiger partial charge in [0.1, 0.15) is 0 Å². The highest BCUT2D eigenvalue weighted by Crippen LogP contribution is 2.40. The Morgan fingerprint density at radius 1 is 0.226 bits per heavy atom. The minimum atomic E-state index is 0.332. The lowest BCUT2D eigenvalue weighted by Gasteiger charge is -2.17. The Morgan fingerprint density at radius 2 is 0.484 bits per heavy atom. The second kappa shape index (κ2) is 17.4. The molecule has 0 aromatic heterocycles. The van der Waals surface area contributed by atoms with Gasteiger partial charge in [0, 0.05) is 0 Å². The van der Waals surface area contributed by atoms with Crippen LogP contribution in [-0.2, 0) is 0 Å². The predicted molar refractivity (Wildman–Crippen MR) is 265 cm³/mol. The Kier molecular flexibility index (Phi) is 10.8. The zero-order chi connectivity index (χ0) is 41.7. The molecule has 0 fully saturated rings. The first-order valence-electron chi connectivity index (χ1n) is 21.6. The Hall–Kier alpha value is -7.80. The number of rotatable bonds is 9. The summed E-state index contributed by atoms with van der Waals surface area (Å²) in [6.07, 6.45) is 10.9. The largest absolute Gasteiger partial charge is 0.0773 e. The molecule has 0 amide bonds. The molecule has 10 rings (SSSR count). The SMILES string of the molecule is CC1C=CC=CC=C1c1cccc(-c2cccc(-c3cc(-c4cc(-c5ccccc5)cc(-c5ccccc5)c4)cc(-c4cc(-c5ccccc5)cc(-c5ccccc5)c4)c3)c2)c1. The zero-order valence-electron chi connectivity index (χ0n) is 34.8. The van der Waals surface area contributed by atoms with Crippen LogP contribution < -0.4 is 0 Å². The molecule has 1 atom stereocenters. The Labute approximate surface area is 366 Å². The van der Waals surface area contributed by atoms with Crippen LogP contribution in [-0.4, -0.2) is 0 Å². The summed E-state index contributed by atoms with van der Waals surface area (Å²) in [6.45, 7) is 2.27. The molecule has 294 valence electrons. The maximum Gasteiger partial charge on any atom is -0.000138 e. The molecule has 0 spiro atoms. The molecule has 9 aromatic carbocycles. The van der Waals surface area contributed by atoms with Crippen molar-refractivity contribution in [3.05, 3.63) is 260 Å². The van der Waals surface area contributed by atoms with Gasteiger partial charge in [0.15, 0.2) is 0 Å². The molecule has 9 aromatic rings. The van der Waals surface area contributed by atoms with E-state index in [9.17, 15) is 0 Å². The molecule has 0 saturated heterocycles. The minimum Gasteiger partial charge on any atom is -0.0773 e. The number of allylic oxidation sites excluding steroid dienone is 6. The van der Waals surface area contributed by atoms with E-state index in [2.05, 4.69) is 262 Å². The monoisotopic (exact) mass is 790 g/mol. The summed E-state index contributed by atoms with van der Waals surface area (Å²) in [5.74, 6) is 0.332. The third-order valence-corrected chi connectivity index (χ3v) is 12.0. The number of hydrogen-bond acceptors (Lipinski definition) is 0. The van der Waals surface area contributed by atoms with Gasteiger partial charge in [-0.3, -0.25) is 0 Å². The minimum absolute atomic E-state index is 0.332. The van der Waals surface area contributed by atoms with E-state index in [1.54, 1.807) is 0 Å². The predicted octanol–water partition coefficient (Wildman–Crippen LogP) is 17.2. The zero-order valence-corrected chi connectivity index (χ0v) is 34.8. The lowest BCUT2D eigenvalue weighted by Crippen LogP contribution is -1.95. The van der Waals surface area contributed by atoms with Crippen molar-refractivity contribution >= 4 is 5.57 Å². The third-order valence-electron chi connectivity index (χ3n) is 12.0. The van der Waals surface area contributed by atoms with Gasteiger partial charge < -0.3 is 0 Å². The van der Waals surface area contributed by atoms with Crippen molar-refractivity contribution in [2.45, 2.75) is 6.92 Å². The van der Waals surface area contributed by atoms with E-state index in [0.717, 1.165) is 0 Å². The Morgan fingerprint density at radius 3 is 0.855 bits per heavy atom. The van der Waals surface area contributed by atoms with Gasteiger partial charge in [-0.1, -0.05) is 195 Å². The van der Waals surface area contributed by atoms with E-state index in [-0.39, 0.29) is 0 Å². The maximum atomic E-state index is 2.39. The summed E-state index contributed by atoms with van der Waals surface area (Å²) in [5.41, 5.74) is 21.6. The lowest BCUT2D eigenvalue weighted by atomic mass is 9.87. The maximum absolute atomic E-state index is 2.39. The van der Waals surface area contributed by atoms with Crippen LogP contribution in [0.25, 0.3) is 94.6 Å². The molecule has 0 nitrogen and oxygen atoms in total. The van der Waals surface area contributed by atoms with Crippen LogP contribution in [0.1, 0.15) is 12.5 Å². The van der Waals surface area contributed by atoms with E-state index in [1.165, 1.54) is 100 Å². The van der Waals surface area contributed by atoms with E-state index in [1.807, 2.05) is 0 Å². The molecule has 1 aliphatic rings. The number of benzene rings is 9. The molecule has 0 saturated carbocycles. The molecule has 0 radical (unpaired) electrons. The summed E-state index contributed by atoms with van der Waals surface area (Å²) in [4.78, 5) is 0. The van der Waals surface area contributed by atoms with E-state index in [4.69, 9.17) is 0 Å². The first kappa shape index (κ1) is 38.4. The molecular formula is C62H46. The van der Waals surface area contributed by atoms with Gasteiger partial charge in [-0.25, -0.2) is 0 Å². The van der Waals surface area contributed by atoms with Gasteiger partial charge in [0.2, 0.25) is 0 Å². The van der Waals surface area contributed by atoms with Gasteiger partial charge in [-0.2, -0.15) is 0 Å². The van der Waals surface area contributed by atoms with Crippen LogP contribution in [0.4, 0.5) is 0 Å². The topological polar surface area (TPSA) is 0 Å². The smallest absolute Gasteiger partial charge is 0.000138 e. The molecule has 0 bridgehead atoms.